The van der Waals surface area contributed by atoms with Crippen LogP contribution < -0.4 is 10.6 Å². The van der Waals surface area contributed by atoms with Gasteiger partial charge in [0.05, 0.1) is 17.0 Å². The molecule has 190 valence electrons. The van der Waals surface area contributed by atoms with E-state index in [4.69, 9.17) is 11.6 Å². The Balaban J connectivity index is 1.64. The maximum atomic E-state index is 13.4. The molecule has 1 saturated heterocycles. The molecule has 13 heteroatoms. The Morgan fingerprint density at radius 1 is 1.09 bits per heavy atom. The van der Waals surface area contributed by atoms with E-state index in [2.05, 4.69) is 15.4 Å². The average Bonchev–Trinajstić information content (AvgIpc) is 3.35. The molecule has 1 fully saturated rings. The van der Waals surface area contributed by atoms with Crippen LogP contribution in [0.4, 0.5) is 9.80 Å². The van der Waals surface area contributed by atoms with Gasteiger partial charge in [-0.1, -0.05) is 24.4 Å². The van der Waals surface area contributed by atoms with E-state index in [0.717, 1.165) is 54.6 Å². The number of halogens is 1. The number of hydrogen-bond acceptors (Lipinski definition) is 8. The maximum absolute atomic E-state index is 13.4. The number of amides is 3. The van der Waals surface area contributed by atoms with Crippen LogP contribution in [0.2, 0.25) is 4.34 Å². The van der Waals surface area contributed by atoms with Crippen molar-refractivity contribution in [1.82, 2.24) is 9.62 Å². The molecule has 1 atom stereocenters. The van der Waals surface area contributed by atoms with E-state index in [1.54, 1.807) is 0 Å². The van der Waals surface area contributed by atoms with Crippen molar-refractivity contribution in [2.45, 2.75) is 61.6 Å². The van der Waals surface area contributed by atoms with Gasteiger partial charge in [-0.3, -0.25) is 14.9 Å². The van der Waals surface area contributed by atoms with Crippen molar-refractivity contribution in [1.29, 1.82) is 0 Å². The number of aryl methyl sites for hydroxylation is 1. The van der Waals surface area contributed by atoms with Crippen LogP contribution in [0.15, 0.2) is 16.3 Å². The summed E-state index contributed by atoms with van der Waals surface area (Å²) in [6, 6.07) is 2.04. The molecule has 1 aliphatic heterocycles. The Morgan fingerprint density at radius 3 is 2.57 bits per heavy atom. The van der Waals surface area contributed by atoms with Gasteiger partial charge in [-0.05, 0) is 56.2 Å². The van der Waals surface area contributed by atoms with Crippen LogP contribution in [0.25, 0.3) is 0 Å². The minimum Gasteiger partial charge on any atom is -0.453 e. The summed E-state index contributed by atoms with van der Waals surface area (Å²) in [6.07, 6.45) is 5.15. The zero-order valence-corrected chi connectivity index (χ0v) is 22.3. The molecule has 2 aromatic heterocycles. The number of piperidine rings is 1. The number of carbonyl (C=O) groups is 3. The number of alkyl carbamates (subject to hydrolysis) is 1. The molecule has 9 nitrogen and oxygen atoms in total. The number of nitrogens with one attached hydrogen (secondary N) is 2. The Hall–Kier alpha value is -1.99. The summed E-state index contributed by atoms with van der Waals surface area (Å²) in [5, 5.41) is 5.34. The van der Waals surface area contributed by atoms with E-state index >= 15 is 0 Å². The average molecular weight is 560 g/mol. The minimum atomic E-state index is -3.91. The highest BCUT2D eigenvalue weighted by Gasteiger charge is 2.39. The van der Waals surface area contributed by atoms with Gasteiger partial charge in [-0.15, -0.1) is 22.7 Å². The fourth-order valence-corrected chi connectivity index (χ4v) is 9.04. The van der Waals surface area contributed by atoms with E-state index in [0.29, 0.717) is 35.0 Å². The van der Waals surface area contributed by atoms with Crippen molar-refractivity contribution in [2.75, 3.05) is 19.0 Å². The summed E-state index contributed by atoms with van der Waals surface area (Å²) in [4.78, 5) is 39.1. The minimum absolute atomic E-state index is 0.0863. The molecular formula is C22H26ClN3O6S3. The summed E-state index contributed by atoms with van der Waals surface area (Å²) < 4.78 is 32.8. The first kappa shape index (κ1) is 26.1. The largest absolute Gasteiger partial charge is 0.453 e. The first-order valence-electron chi connectivity index (χ1n) is 11.3. The first-order valence-corrected chi connectivity index (χ1v) is 14.8. The Morgan fingerprint density at radius 2 is 1.86 bits per heavy atom. The van der Waals surface area contributed by atoms with Crippen molar-refractivity contribution in [2.24, 2.45) is 0 Å². The lowest BCUT2D eigenvalue weighted by Crippen LogP contribution is -2.49. The quantitative estimate of drug-likeness (QED) is 0.523. The smallest absolute Gasteiger partial charge is 0.413 e. The molecule has 35 heavy (non-hydrogen) atoms. The third-order valence-electron chi connectivity index (χ3n) is 6.15. The molecule has 2 aliphatic rings. The summed E-state index contributed by atoms with van der Waals surface area (Å²) in [7, 11) is -2.75. The zero-order chi connectivity index (χ0) is 25.2. The summed E-state index contributed by atoms with van der Waals surface area (Å²) in [5.74, 6) is -1.15. The Bertz CT molecular complexity index is 1240. The molecule has 2 N–H and O–H groups in total. The first-order chi connectivity index (χ1) is 16.7. The number of hydrogen-bond donors (Lipinski definition) is 2. The molecule has 0 aromatic carbocycles. The topological polar surface area (TPSA) is 122 Å². The highest BCUT2D eigenvalue weighted by molar-refractivity contribution is 7.91. The van der Waals surface area contributed by atoms with Crippen molar-refractivity contribution in [3.63, 3.8) is 0 Å². The van der Waals surface area contributed by atoms with Crippen molar-refractivity contribution >= 4 is 67.2 Å². The van der Waals surface area contributed by atoms with E-state index in [-0.39, 0.29) is 16.3 Å². The number of rotatable bonds is 5. The van der Waals surface area contributed by atoms with E-state index in [1.165, 1.54) is 27.8 Å². The number of ether oxygens (including phenoxy) is 1. The lowest BCUT2D eigenvalue weighted by Gasteiger charge is -2.33. The molecule has 4 rings (SSSR count). The fourth-order valence-electron chi connectivity index (χ4n) is 4.48. The van der Waals surface area contributed by atoms with Crippen LogP contribution in [-0.2, 0) is 32.4 Å². The van der Waals surface area contributed by atoms with Gasteiger partial charge in [-0.2, -0.15) is 4.31 Å². The summed E-state index contributed by atoms with van der Waals surface area (Å²) in [6.45, 7) is 0.215. The predicted octanol–water partition coefficient (Wildman–Crippen LogP) is 4.41. The van der Waals surface area contributed by atoms with Gasteiger partial charge in [0.15, 0.2) is 0 Å². The Kier molecular flexibility index (Phi) is 8.16. The molecule has 2 aromatic rings. The van der Waals surface area contributed by atoms with E-state index in [9.17, 15) is 22.8 Å². The van der Waals surface area contributed by atoms with Crippen LogP contribution in [0.5, 0.6) is 0 Å². The molecule has 0 saturated carbocycles. The number of anilines is 1. The Labute approximate surface area is 216 Å². The van der Waals surface area contributed by atoms with Crippen LogP contribution in [0.1, 0.15) is 59.3 Å². The molecule has 0 bridgehead atoms. The van der Waals surface area contributed by atoms with Crippen LogP contribution >= 0.6 is 34.3 Å². The highest BCUT2D eigenvalue weighted by Crippen LogP contribution is 2.38. The van der Waals surface area contributed by atoms with Gasteiger partial charge in [0.2, 0.25) is 5.91 Å². The number of imide groups is 1. The van der Waals surface area contributed by atoms with Gasteiger partial charge in [-0.25, -0.2) is 13.2 Å². The van der Waals surface area contributed by atoms with Crippen molar-refractivity contribution in [3.05, 3.63) is 32.5 Å². The second kappa shape index (κ2) is 11.0. The normalized spacial score (nSPS) is 18.9. The second-order valence-electron chi connectivity index (χ2n) is 8.39. The van der Waals surface area contributed by atoms with E-state index < -0.39 is 34.0 Å². The van der Waals surface area contributed by atoms with Gasteiger partial charge in [0.1, 0.15) is 15.3 Å². The molecule has 0 spiro atoms. The summed E-state index contributed by atoms with van der Waals surface area (Å²) >= 11 is 8.21. The zero-order valence-electron chi connectivity index (χ0n) is 19.1. The number of methoxy groups -OCH3 is 1. The highest BCUT2D eigenvalue weighted by atomic mass is 35.5. The molecule has 0 radical (unpaired) electrons. The number of nitrogens with zero attached hydrogens (tertiary/aromatic N) is 1. The lowest BCUT2D eigenvalue weighted by atomic mass is 10.0. The maximum Gasteiger partial charge on any atom is 0.413 e. The number of carbonyl (C=O) groups excluding carboxylic acids is 3. The second-order valence-corrected chi connectivity index (χ2v) is 13.3. The number of sulfonamides is 1. The molecule has 3 heterocycles. The number of fused-ring (bicyclic) bond motifs is 1. The molecule has 1 aliphatic carbocycles. The summed E-state index contributed by atoms with van der Waals surface area (Å²) in [5.41, 5.74) is 1.08. The standard InChI is InChI=1S/C22H26ClN3O6S3/c1-32-22(29)25-20(28)18-13-7-3-2-4-9-15(13)33-21(18)24-19(27)14-8-5-6-12-26(14)35(30,31)17-11-10-16(23)34-17/h10-11,14H,2-9,12H2,1H3,(H,24,27)(H,25,28,29). The molecular weight excluding hydrogens is 534 g/mol. The van der Waals surface area contributed by atoms with Crippen molar-refractivity contribution in [3.8, 4) is 0 Å². The predicted molar refractivity (Wildman–Crippen MR) is 135 cm³/mol. The van der Waals surface area contributed by atoms with Crippen LogP contribution in [0, 0.1) is 0 Å². The van der Waals surface area contributed by atoms with Crippen molar-refractivity contribution < 1.29 is 27.5 Å². The van der Waals surface area contributed by atoms with Crippen LogP contribution in [-0.4, -0.2) is 50.3 Å². The van der Waals surface area contributed by atoms with Crippen LogP contribution in [0.3, 0.4) is 0 Å². The third-order valence-corrected chi connectivity index (χ3v) is 11.0. The lowest BCUT2D eigenvalue weighted by molar-refractivity contribution is -0.120. The monoisotopic (exact) mass is 559 g/mol. The van der Waals surface area contributed by atoms with Gasteiger partial charge in [0.25, 0.3) is 15.9 Å². The molecule has 1 unspecified atom stereocenters. The number of thiophene rings is 2. The molecule has 3 amide bonds. The SMILES string of the molecule is COC(=O)NC(=O)c1c(NC(=O)C2CCCCN2S(=O)(=O)c2ccc(Cl)s2)sc2c1CCCCC2. The van der Waals surface area contributed by atoms with E-state index in [1.807, 2.05) is 0 Å². The van der Waals surface area contributed by atoms with Gasteiger partial charge in [0, 0.05) is 11.4 Å². The third kappa shape index (κ3) is 5.56. The van der Waals surface area contributed by atoms with Gasteiger partial charge >= 0.3 is 6.09 Å². The fraction of sp³-hybridized carbons (Fsp3) is 0.500. The van der Waals surface area contributed by atoms with Gasteiger partial charge < -0.3 is 10.1 Å².